The average molecular weight is 276 g/mol. The number of nitriles is 1. The number of ether oxygens (including phenoxy) is 1. The van der Waals surface area contributed by atoms with E-state index >= 15 is 0 Å². The van der Waals surface area contributed by atoms with Crippen LogP contribution in [0, 0.1) is 17.1 Å². The molecule has 0 N–H and O–H groups in total. The summed E-state index contributed by atoms with van der Waals surface area (Å²) in [4.78, 5) is 25.0. The van der Waals surface area contributed by atoms with Gasteiger partial charge < -0.3 is 9.64 Å². The van der Waals surface area contributed by atoms with Crippen LogP contribution in [0.3, 0.4) is 0 Å². The Morgan fingerprint density at radius 1 is 1.35 bits per heavy atom. The van der Waals surface area contributed by atoms with Crippen molar-refractivity contribution in [3.05, 3.63) is 35.1 Å². The fourth-order valence-electron chi connectivity index (χ4n) is 2.01. The number of carbonyl (C=O) groups excluding carboxylic acids is 2. The highest BCUT2D eigenvalue weighted by molar-refractivity contribution is 5.91. The van der Waals surface area contributed by atoms with Gasteiger partial charge in [0.1, 0.15) is 5.82 Å². The molecule has 0 atom stereocenters. The van der Waals surface area contributed by atoms with E-state index < -0.39 is 18.4 Å². The van der Waals surface area contributed by atoms with E-state index in [1.807, 2.05) is 0 Å². The van der Waals surface area contributed by atoms with Gasteiger partial charge in [0, 0.05) is 13.1 Å². The first kappa shape index (κ1) is 14.0. The van der Waals surface area contributed by atoms with Gasteiger partial charge in [-0.05, 0) is 31.0 Å². The summed E-state index contributed by atoms with van der Waals surface area (Å²) in [6, 6.07) is 5.22. The fourth-order valence-corrected chi connectivity index (χ4v) is 2.01. The fraction of sp³-hybridized carbons (Fsp3) is 0.357. The van der Waals surface area contributed by atoms with Crippen molar-refractivity contribution in [2.45, 2.75) is 12.8 Å². The molecule has 6 heteroatoms. The summed E-state index contributed by atoms with van der Waals surface area (Å²) < 4.78 is 18.4. The first-order valence-electron chi connectivity index (χ1n) is 6.26. The van der Waals surface area contributed by atoms with Crippen molar-refractivity contribution >= 4 is 11.9 Å². The van der Waals surface area contributed by atoms with Gasteiger partial charge in [0.25, 0.3) is 5.91 Å². The Kier molecular flexibility index (Phi) is 4.31. The smallest absolute Gasteiger partial charge is 0.341 e. The second kappa shape index (κ2) is 6.15. The summed E-state index contributed by atoms with van der Waals surface area (Å²) in [5.41, 5.74) is -0.162. The molecule has 1 fully saturated rings. The van der Waals surface area contributed by atoms with E-state index in [0.29, 0.717) is 13.1 Å². The lowest BCUT2D eigenvalue weighted by atomic mass is 10.1. The Bertz CT molecular complexity index is 574. The van der Waals surface area contributed by atoms with E-state index in [2.05, 4.69) is 0 Å². The molecular formula is C14H13FN2O3. The number of halogens is 1. The number of esters is 1. The summed E-state index contributed by atoms with van der Waals surface area (Å²) in [6.45, 7) is 0.946. The first-order chi connectivity index (χ1) is 9.61. The zero-order valence-corrected chi connectivity index (χ0v) is 10.8. The zero-order chi connectivity index (χ0) is 14.5. The molecule has 0 bridgehead atoms. The summed E-state index contributed by atoms with van der Waals surface area (Å²) in [7, 11) is 0. The van der Waals surface area contributed by atoms with Crippen LogP contribution < -0.4 is 0 Å². The van der Waals surface area contributed by atoms with Crippen molar-refractivity contribution in [2.75, 3.05) is 19.7 Å². The third kappa shape index (κ3) is 3.12. The van der Waals surface area contributed by atoms with E-state index in [0.717, 1.165) is 18.9 Å². The highest BCUT2D eigenvalue weighted by atomic mass is 19.1. The maximum absolute atomic E-state index is 13.6. The molecule has 0 unspecified atom stereocenters. The standard InChI is InChI=1S/C14H13FN2O3/c15-12-7-10(8-16)3-4-11(12)14(19)20-9-13(18)17-5-1-2-6-17/h3-4,7H,1-2,5-6,9H2. The number of rotatable bonds is 3. The lowest BCUT2D eigenvalue weighted by molar-refractivity contribution is -0.133. The molecule has 1 amide bonds. The van der Waals surface area contributed by atoms with Gasteiger partial charge in [-0.3, -0.25) is 4.79 Å². The van der Waals surface area contributed by atoms with Crippen molar-refractivity contribution in [1.82, 2.24) is 4.90 Å². The van der Waals surface area contributed by atoms with E-state index in [1.54, 1.807) is 11.0 Å². The molecule has 1 aliphatic heterocycles. The third-order valence-corrected chi connectivity index (χ3v) is 3.10. The number of hydrogen-bond donors (Lipinski definition) is 0. The van der Waals surface area contributed by atoms with Crippen molar-refractivity contribution in [3.8, 4) is 6.07 Å². The summed E-state index contributed by atoms with van der Waals surface area (Å²) in [5.74, 6) is -2.01. The third-order valence-electron chi connectivity index (χ3n) is 3.10. The largest absolute Gasteiger partial charge is 0.452 e. The molecule has 0 radical (unpaired) electrons. The second-order valence-electron chi connectivity index (χ2n) is 4.47. The second-order valence-corrected chi connectivity index (χ2v) is 4.47. The molecule has 104 valence electrons. The minimum atomic E-state index is -0.903. The van der Waals surface area contributed by atoms with E-state index in [4.69, 9.17) is 10.00 Å². The molecule has 1 aliphatic rings. The number of hydrogen-bond acceptors (Lipinski definition) is 4. The molecule has 5 nitrogen and oxygen atoms in total. The van der Waals surface area contributed by atoms with Gasteiger partial charge in [0.2, 0.25) is 0 Å². The molecule has 0 aromatic heterocycles. The molecule has 1 saturated heterocycles. The Labute approximate surface area is 115 Å². The number of amides is 1. The Morgan fingerprint density at radius 3 is 2.65 bits per heavy atom. The first-order valence-corrected chi connectivity index (χ1v) is 6.26. The van der Waals surface area contributed by atoms with Crippen LogP contribution in [0.15, 0.2) is 18.2 Å². The summed E-state index contributed by atoms with van der Waals surface area (Å²) in [5, 5.41) is 8.61. The van der Waals surface area contributed by atoms with Crippen LogP contribution in [-0.4, -0.2) is 36.5 Å². The zero-order valence-electron chi connectivity index (χ0n) is 10.8. The lowest BCUT2D eigenvalue weighted by Crippen LogP contribution is -2.32. The Morgan fingerprint density at radius 2 is 2.05 bits per heavy atom. The molecule has 1 heterocycles. The topological polar surface area (TPSA) is 70.4 Å². The van der Waals surface area contributed by atoms with Crippen molar-refractivity contribution < 1.29 is 18.7 Å². The Balaban J connectivity index is 1.95. The maximum atomic E-state index is 13.6. The lowest BCUT2D eigenvalue weighted by Gasteiger charge is -2.14. The molecule has 20 heavy (non-hydrogen) atoms. The van der Waals surface area contributed by atoms with Crippen molar-refractivity contribution in [1.29, 1.82) is 5.26 Å². The van der Waals surface area contributed by atoms with Crippen LogP contribution in [0.5, 0.6) is 0 Å². The van der Waals surface area contributed by atoms with Gasteiger partial charge in [0.05, 0.1) is 17.2 Å². The molecule has 0 aliphatic carbocycles. The van der Waals surface area contributed by atoms with E-state index in [9.17, 15) is 14.0 Å². The molecule has 0 spiro atoms. The molecule has 0 saturated carbocycles. The monoisotopic (exact) mass is 276 g/mol. The minimum absolute atomic E-state index is 0.118. The van der Waals surface area contributed by atoms with Crippen LogP contribution in [0.25, 0.3) is 0 Å². The van der Waals surface area contributed by atoms with Crippen LogP contribution in [0.2, 0.25) is 0 Å². The number of benzene rings is 1. The quantitative estimate of drug-likeness (QED) is 0.784. The predicted molar refractivity (Wildman–Crippen MR) is 67.2 cm³/mol. The van der Waals surface area contributed by atoms with Crippen molar-refractivity contribution in [2.24, 2.45) is 0 Å². The molecule has 1 aromatic carbocycles. The molecule has 2 rings (SSSR count). The highest BCUT2D eigenvalue weighted by Crippen LogP contribution is 2.12. The van der Waals surface area contributed by atoms with E-state index in [1.165, 1.54) is 12.1 Å². The van der Waals surface area contributed by atoms with Crippen LogP contribution in [0.1, 0.15) is 28.8 Å². The van der Waals surface area contributed by atoms with Crippen LogP contribution >= 0.6 is 0 Å². The van der Waals surface area contributed by atoms with Gasteiger partial charge in [-0.2, -0.15) is 5.26 Å². The van der Waals surface area contributed by atoms with Crippen LogP contribution in [0.4, 0.5) is 4.39 Å². The number of likely N-dealkylation sites (tertiary alicyclic amines) is 1. The van der Waals surface area contributed by atoms with Crippen LogP contribution in [-0.2, 0) is 9.53 Å². The SMILES string of the molecule is N#Cc1ccc(C(=O)OCC(=O)N2CCCC2)c(F)c1. The van der Waals surface area contributed by atoms with E-state index in [-0.39, 0.29) is 17.0 Å². The van der Waals surface area contributed by atoms with Gasteiger partial charge >= 0.3 is 5.97 Å². The normalized spacial score (nSPS) is 13.9. The Hall–Kier alpha value is -2.42. The predicted octanol–water partition coefficient (Wildman–Crippen LogP) is 1.48. The van der Waals surface area contributed by atoms with Gasteiger partial charge in [0.15, 0.2) is 6.61 Å². The van der Waals surface area contributed by atoms with Gasteiger partial charge in [-0.25, -0.2) is 9.18 Å². The summed E-state index contributed by atoms with van der Waals surface area (Å²) in [6.07, 6.45) is 1.90. The molecular weight excluding hydrogens is 263 g/mol. The average Bonchev–Trinajstić information content (AvgIpc) is 2.98. The maximum Gasteiger partial charge on any atom is 0.341 e. The highest BCUT2D eigenvalue weighted by Gasteiger charge is 2.20. The summed E-state index contributed by atoms with van der Waals surface area (Å²) >= 11 is 0. The van der Waals surface area contributed by atoms with Gasteiger partial charge in [-0.15, -0.1) is 0 Å². The number of nitrogens with zero attached hydrogens (tertiary/aromatic N) is 2. The van der Waals surface area contributed by atoms with Crippen molar-refractivity contribution in [3.63, 3.8) is 0 Å². The van der Waals surface area contributed by atoms with Gasteiger partial charge in [-0.1, -0.05) is 0 Å². The minimum Gasteiger partial charge on any atom is -0.452 e. The number of carbonyl (C=O) groups is 2. The molecule has 1 aromatic rings.